The lowest BCUT2D eigenvalue weighted by molar-refractivity contribution is 0.0926. The van der Waals surface area contributed by atoms with Gasteiger partial charge in [0.15, 0.2) is 5.01 Å². The van der Waals surface area contributed by atoms with Gasteiger partial charge in [-0.1, -0.05) is 48.8 Å². The Hall–Kier alpha value is -3.26. The van der Waals surface area contributed by atoms with Gasteiger partial charge in [-0.05, 0) is 55.7 Å². The van der Waals surface area contributed by atoms with E-state index in [2.05, 4.69) is 20.8 Å². The first-order valence-electron chi connectivity index (χ1n) is 10.8. The normalized spacial score (nSPS) is 14.0. The Morgan fingerprint density at radius 2 is 1.84 bits per heavy atom. The van der Waals surface area contributed by atoms with Crippen LogP contribution in [0.3, 0.4) is 0 Å². The number of nitrogens with one attached hydrogen (secondary N) is 2. The van der Waals surface area contributed by atoms with Gasteiger partial charge in [-0.3, -0.25) is 9.59 Å². The minimum absolute atomic E-state index is 0.112. The fraction of sp³-hybridized carbons (Fsp3) is 0.333. The molecule has 8 heteroatoms. The van der Waals surface area contributed by atoms with E-state index in [4.69, 9.17) is 4.74 Å². The van der Waals surface area contributed by atoms with Crippen LogP contribution < -0.4 is 15.4 Å². The summed E-state index contributed by atoms with van der Waals surface area (Å²) in [5.74, 6) is 0.267. The van der Waals surface area contributed by atoms with Gasteiger partial charge in [-0.15, -0.1) is 10.2 Å². The van der Waals surface area contributed by atoms with E-state index < -0.39 is 0 Å². The molecule has 4 rings (SSSR count). The topological polar surface area (TPSA) is 93.2 Å². The van der Waals surface area contributed by atoms with Crippen LogP contribution in [0.15, 0.2) is 48.5 Å². The van der Waals surface area contributed by atoms with E-state index in [1.165, 1.54) is 17.8 Å². The molecule has 1 saturated carbocycles. The van der Waals surface area contributed by atoms with Crippen molar-refractivity contribution in [2.45, 2.75) is 51.7 Å². The molecule has 1 aliphatic rings. The standard InChI is InChI=1S/C24H26N4O3S/c1-16-7-5-12-20(13-16)31-15-21-27-28-24(32-21)23(30)26-19-11-6-8-17(14-19)22(29)25-18-9-3-2-4-10-18/h5-8,11-14,18H,2-4,9-10,15H2,1H3,(H,25,29)(H,26,30). The van der Waals surface area contributed by atoms with E-state index in [-0.39, 0.29) is 29.5 Å². The molecule has 0 spiro atoms. The highest BCUT2D eigenvalue weighted by molar-refractivity contribution is 7.13. The molecule has 7 nitrogen and oxygen atoms in total. The zero-order valence-corrected chi connectivity index (χ0v) is 18.8. The van der Waals surface area contributed by atoms with Crippen LogP contribution in [0, 0.1) is 6.92 Å². The summed E-state index contributed by atoms with van der Waals surface area (Å²) in [6.45, 7) is 2.24. The van der Waals surface area contributed by atoms with Gasteiger partial charge in [-0.25, -0.2) is 0 Å². The number of hydrogen-bond donors (Lipinski definition) is 2. The summed E-state index contributed by atoms with van der Waals surface area (Å²) in [6, 6.07) is 14.9. The van der Waals surface area contributed by atoms with Gasteiger partial charge in [0.05, 0.1) is 0 Å². The number of aryl methyl sites for hydroxylation is 1. The lowest BCUT2D eigenvalue weighted by Crippen LogP contribution is -2.36. The van der Waals surface area contributed by atoms with Crippen molar-refractivity contribution in [3.8, 4) is 5.75 Å². The molecular formula is C24H26N4O3S. The van der Waals surface area contributed by atoms with Gasteiger partial charge in [0.1, 0.15) is 12.4 Å². The zero-order chi connectivity index (χ0) is 22.3. The van der Waals surface area contributed by atoms with E-state index in [1.54, 1.807) is 24.3 Å². The molecule has 0 saturated heterocycles. The number of anilines is 1. The molecule has 0 atom stereocenters. The summed E-state index contributed by atoms with van der Waals surface area (Å²) in [5, 5.41) is 14.8. The van der Waals surface area contributed by atoms with Crippen molar-refractivity contribution in [3.05, 3.63) is 69.7 Å². The molecule has 32 heavy (non-hydrogen) atoms. The molecule has 2 amide bonds. The SMILES string of the molecule is Cc1cccc(OCc2nnc(C(=O)Nc3cccc(C(=O)NC4CCCCC4)c3)s2)c1. The molecule has 3 aromatic rings. The summed E-state index contributed by atoms with van der Waals surface area (Å²) < 4.78 is 5.72. The zero-order valence-electron chi connectivity index (χ0n) is 18.0. The Morgan fingerprint density at radius 1 is 1.03 bits per heavy atom. The molecular weight excluding hydrogens is 424 g/mol. The molecule has 1 aliphatic carbocycles. The second-order valence-corrected chi connectivity index (χ2v) is 9.01. The van der Waals surface area contributed by atoms with Crippen molar-refractivity contribution in [1.29, 1.82) is 0 Å². The van der Waals surface area contributed by atoms with Crippen LogP contribution in [0.5, 0.6) is 5.75 Å². The summed E-state index contributed by atoms with van der Waals surface area (Å²) >= 11 is 1.18. The monoisotopic (exact) mass is 450 g/mol. The van der Waals surface area contributed by atoms with Crippen molar-refractivity contribution in [2.75, 3.05) is 5.32 Å². The number of ether oxygens (including phenoxy) is 1. The maximum Gasteiger partial charge on any atom is 0.286 e. The Balaban J connectivity index is 1.33. The van der Waals surface area contributed by atoms with Crippen molar-refractivity contribution in [3.63, 3.8) is 0 Å². The highest BCUT2D eigenvalue weighted by Gasteiger charge is 2.18. The fourth-order valence-corrected chi connectivity index (χ4v) is 4.34. The molecule has 0 aliphatic heterocycles. The van der Waals surface area contributed by atoms with Crippen LogP contribution in [-0.2, 0) is 6.61 Å². The maximum atomic E-state index is 12.6. The van der Waals surface area contributed by atoms with Gasteiger partial charge in [0.25, 0.3) is 11.8 Å². The number of aromatic nitrogens is 2. The second kappa shape index (κ2) is 10.4. The lowest BCUT2D eigenvalue weighted by atomic mass is 9.95. The van der Waals surface area contributed by atoms with Gasteiger partial charge in [0.2, 0.25) is 5.01 Å². The molecule has 1 aromatic heterocycles. The van der Waals surface area contributed by atoms with E-state index >= 15 is 0 Å². The first-order chi connectivity index (χ1) is 15.6. The third kappa shape index (κ3) is 5.91. The van der Waals surface area contributed by atoms with Crippen LogP contribution in [0.1, 0.15) is 62.8 Å². The van der Waals surface area contributed by atoms with E-state index in [0.29, 0.717) is 16.3 Å². The summed E-state index contributed by atoms with van der Waals surface area (Å²) in [7, 11) is 0. The summed E-state index contributed by atoms with van der Waals surface area (Å²) in [6.07, 6.45) is 5.59. The van der Waals surface area contributed by atoms with Crippen molar-refractivity contribution >= 4 is 28.8 Å². The number of amides is 2. The van der Waals surface area contributed by atoms with Crippen LogP contribution >= 0.6 is 11.3 Å². The van der Waals surface area contributed by atoms with E-state index in [0.717, 1.165) is 37.0 Å². The van der Waals surface area contributed by atoms with Gasteiger partial charge in [-0.2, -0.15) is 0 Å². The number of carbonyl (C=O) groups is 2. The number of carbonyl (C=O) groups excluding carboxylic acids is 2. The smallest absolute Gasteiger partial charge is 0.286 e. The third-order valence-electron chi connectivity index (χ3n) is 5.34. The summed E-state index contributed by atoms with van der Waals surface area (Å²) in [4.78, 5) is 25.2. The molecule has 0 bridgehead atoms. The van der Waals surface area contributed by atoms with Gasteiger partial charge in [0, 0.05) is 17.3 Å². The Labute approximate surface area is 191 Å². The average Bonchev–Trinajstić information content (AvgIpc) is 3.28. The number of rotatable bonds is 7. The van der Waals surface area contributed by atoms with Crippen LogP contribution in [-0.4, -0.2) is 28.1 Å². The highest BCUT2D eigenvalue weighted by Crippen LogP contribution is 2.20. The Kier molecular flexibility index (Phi) is 7.11. The minimum atomic E-state index is -0.367. The lowest BCUT2D eigenvalue weighted by Gasteiger charge is -2.22. The minimum Gasteiger partial charge on any atom is -0.486 e. The molecule has 166 valence electrons. The molecule has 2 N–H and O–H groups in total. The molecule has 1 heterocycles. The fourth-order valence-electron chi connectivity index (χ4n) is 3.69. The maximum absolute atomic E-state index is 12.6. The van der Waals surface area contributed by atoms with Crippen molar-refractivity contribution in [2.24, 2.45) is 0 Å². The van der Waals surface area contributed by atoms with Crippen molar-refractivity contribution < 1.29 is 14.3 Å². The van der Waals surface area contributed by atoms with Gasteiger partial charge < -0.3 is 15.4 Å². The Bertz CT molecular complexity index is 1090. The summed E-state index contributed by atoms with van der Waals surface area (Å²) in [5.41, 5.74) is 2.17. The average molecular weight is 451 g/mol. The van der Waals surface area contributed by atoms with E-state index in [9.17, 15) is 9.59 Å². The second-order valence-electron chi connectivity index (χ2n) is 7.95. The molecule has 0 unspecified atom stereocenters. The third-order valence-corrected chi connectivity index (χ3v) is 6.23. The first-order valence-corrected chi connectivity index (χ1v) is 11.6. The van der Waals surface area contributed by atoms with Crippen LogP contribution in [0.2, 0.25) is 0 Å². The van der Waals surface area contributed by atoms with Gasteiger partial charge >= 0.3 is 0 Å². The number of nitrogens with zero attached hydrogens (tertiary/aromatic N) is 2. The predicted octanol–water partition coefficient (Wildman–Crippen LogP) is 4.74. The van der Waals surface area contributed by atoms with Crippen LogP contribution in [0.25, 0.3) is 0 Å². The van der Waals surface area contributed by atoms with Crippen LogP contribution in [0.4, 0.5) is 5.69 Å². The molecule has 2 aromatic carbocycles. The molecule has 0 radical (unpaired) electrons. The number of hydrogen-bond acceptors (Lipinski definition) is 6. The number of benzene rings is 2. The Morgan fingerprint density at radius 3 is 2.66 bits per heavy atom. The molecule has 1 fully saturated rings. The van der Waals surface area contributed by atoms with Crippen molar-refractivity contribution in [1.82, 2.24) is 15.5 Å². The largest absolute Gasteiger partial charge is 0.486 e. The quantitative estimate of drug-likeness (QED) is 0.542. The predicted molar refractivity (Wildman–Crippen MR) is 124 cm³/mol. The first kappa shape index (κ1) is 22.0. The van der Waals surface area contributed by atoms with E-state index in [1.807, 2.05) is 31.2 Å². The highest BCUT2D eigenvalue weighted by atomic mass is 32.1.